The van der Waals surface area contributed by atoms with Crippen molar-refractivity contribution >= 4 is 52.8 Å². The average molecular weight is 566 g/mol. The normalized spacial score (nSPS) is 15.2. The van der Waals surface area contributed by atoms with Crippen LogP contribution in [0.1, 0.15) is 61.5 Å². The molecule has 1 aliphatic heterocycles. The van der Waals surface area contributed by atoms with Crippen LogP contribution in [0.3, 0.4) is 0 Å². The molecule has 2 aromatic carbocycles. The molecule has 0 saturated carbocycles. The lowest BCUT2D eigenvalue weighted by molar-refractivity contribution is -0.171. The minimum absolute atomic E-state index is 0.0495. The molecular weight excluding hydrogens is 534 g/mol. The molecule has 1 unspecified atom stereocenters. The van der Waals surface area contributed by atoms with Crippen LogP contribution in [0, 0.1) is 0 Å². The number of piperazine rings is 1. The first kappa shape index (κ1) is 30.7. The van der Waals surface area contributed by atoms with Gasteiger partial charge in [-0.2, -0.15) is 0 Å². The van der Waals surface area contributed by atoms with Gasteiger partial charge in [0.1, 0.15) is 6.04 Å². The Morgan fingerprint density at radius 2 is 1.59 bits per heavy atom. The van der Waals surface area contributed by atoms with E-state index in [2.05, 4.69) is 0 Å². The third-order valence-corrected chi connectivity index (χ3v) is 6.79. The highest BCUT2D eigenvalue weighted by molar-refractivity contribution is 6.42. The molecule has 1 aliphatic rings. The van der Waals surface area contributed by atoms with Gasteiger partial charge in [0.25, 0.3) is 5.91 Å². The molecule has 2 aromatic rings. The van der Waals surface area contributed by atoms with Crippen molar-refractivity contribution in [2.24, 2.45) is 0 Å². The van der Waals surface area contributed by atoms with Gasteiger partial charge in [-0.3, -0.25) is 38.7 Å². The van der Waals surface area contributed by atoms with Crippen LogP contribution >= 0.6 is 0 Å². The van der Waals surface area contributed by atoms with E-state index in [1.807, 2.05) is 6.92 Å². The Morgan fingerprint density at radius 3 is 2.17 bits per heavy atom. The van der Waals surface area contributed by atoms with Crippen molar-refractivity contribution in [3.8, 4) is 0 Å². The Hall–Kier alpha value is -4.87. The number of carboxylic acids is 2. The van der Waals surface area contributed by atoms with Crippen molar-refractivity contribution in [1.29, 1.82) is 0 Å². The van der Waals surface area contributed by atoms with Crippen molar-refractivity contribution in [1.82, 2.24) is 9.80 Å². The van der Waals surface area contributed by atoms with Gasteiger partial charge in [0.15, 0.2) is 0 Å². The molecule has 12 heteroatoms. The zero-order valence-corrected chi connectivity index (χ0v) is 23.0. The molecule has 0 bridgehead atoms. The standard InChI is InChI=1S/C29H31N3O9/c1-4-6-9-14-30-24(34)23(31(17(3)33)26(36)25(30)35)16-18-12-13-21(19(5-2)15-18)32(27(37)29(40)41)22-11-8-7-10-20(22)28(38)39/h7-8,10-13,15,23H,4-6,9,14,16H2,1-3H3,(H,38,39)(H,40,41). The van der Waals surface area contributed by atoms with Crippen molar-refractivity contribution in [2.45, 2.75) is 58.9 Å². The number of imide groups is 2. The van der Waals surface area contributed by atoms with Gasteiger partial charge >= 0.3 is 29.7 Å². The number of carboxylic acid groups (broad SMARTS) is 2. The number of hydrogen-bond donors (Lipinski definition) is 2. The topological polar surface area (TPSA) is 170 Å². The molecule has 1 atom stereocenters. The number of para-hydroxylation sites is 1. The Morgan fingerprint density at radius 1 is 0.902 bits per heavy atom. The molecule has 0 aliphatic carbocycles. The van der Waals surface area contributed by atoms with E-state index in [0.717, 1.165) is 29.6 Å². The van der Waals surface area contributed by atoms with Crippen LogP contribution in [-0.4, -0.2) is 74.1 Å². The first-order chi connectivity index (χ1) is 19.4. The number of rotatable bonds is 10. The summed E-state index contributed by atoms with van der Waals surface area (Å²) in [5, 5.41) is 19.2. The third-order valence-electron chi connectivity index (χ3n) is 6.79. The van der Waals surface area contributed by atoms with Gasteiger partial charge in [-0.1, -0.05) is 51.0 Å². The number of anilines is 2. The maximum absolute atomic E-state index is 13.4. The summed E-state index contributed by atoms with van der Waals surface area (Å²) in [4.78, 5) is 89.9. The first-order valence-electron chi connectivity index (χ1n) is 13.1. The van der Waals surface area contributed by atoms with Crippen LogP contribution in [0.25, 0.3) is 0 Å². The van der Waals surface area contributed by atoms with Crippen molar-refractivity contribution in [3.05, 3.63) is 59.2 Å². The summed E-state index contributed by atoms with van der Waals surface area (Å²) in [6, 6.07) is 8.71. The fourth-order valence-corrected chi connectivity index (χ4v) is 4.81. The van der Waals surface area contributed by atoms with Crippen molar-refractivity contribution in [2.75, 3.05) is 11.4 Å². The lowest BCUT2D eigenvalue weighted by Gasteiger charge is -2.37. The van der Waals surface area contributed by atoms with Gasteiger partial charge in [0.05, 0.1) is 16.9 Å². The molecule has 1 fully saturated rings. The van der Waals surface area contributed by atoms with E-state index in [9.17, 15) is 43.8 Å². The van der Waals surface area contributed by atoms with Crippen LogP contribution in [-0.2, 0) is 41.6 Å². The second kappa shape index (κ2) is 13.0. The highest BCUT2D eigenvalue weighted by Crippen LogP contribution is 2.33. The molecule has 1 saturated heterocycles. The van der Waals surface area contributed by atoms with Crippen LogP contribution in [0.15, 0.2) is 42.5 Å². The summed E-state index contributed by atoms with van der Waals surface area (Å²) in [5.41, 5.74) is 0.594. The number of nitrogens with zero attached hydrogens (tertiary/aromatic N) is 3. The number of amides is 5. The monoisotopic (exact) mass is 565 g/mol. The zero-order chi connectivity index (χ0) is 30.4. The quantitative estimate of drug-likeness (QED) is 0.250. The van der Waals surface area contributed by atoms with E-state index in [0.29, 0.717) is 22.4 Å². The lowest BCUT2D eigenvalue weighted by Crippen LogP contribution is -2.64. The average Bonchev–Trinajstić information content (AvgIpc) is 2.94. The number of aliphatic carboxylic acids is 1. The minimum Gasteiger partial charge on any atom is -0.478 e. The number of aromatic carboxylic acids is 1. The predicted octanol–water partition coefficient (Wildman–Crippen LogP) is 2.54. The van der Waals surface area contributed by atoms with E-state index in [1.165, 1.54) is 36.4 Å². The van der Waals surface area contributed by atoms with E-state index in [1.54, 1.807) is 13.0 Å². The predicted molar refractivity (Wildman–Crippen MR) is 145 cm³/mol. The number of hydrogen-bond acceptors (Lipinski definition) is 7. The van der Waals surface area contributed by atoms with E-state index in [4.69, 9.17) is 0 Å². The van der Waals surface area contributed by atoms with Crippen LogP contribution in [0.5, 0.6) is 0 Å². The van der Waals surface area contributed by atoms with Gasteiger partial charge in [-0.25, -0.2) is 9.59 Å². The highest BCUT2D eigenvalue weighted by Gasteiger charge is 2.47. The van der Waals surface area contributed by atoms with E-state index >= 15 is 0 Å². The second-order valence-electron chi connectivity index (χ2n) is 9.50. The second-order valence-corrected chi connectivity index (χ2v) is 9.50. The molecule has 1 heterocycles. The maximum atomic E-state index is 13.4. The molecule has 2 N–H and O–H groups in total. The van der Waals surface area contributed by atoms with Crippen LogP contribution in [0.2, 0.25) is 0 Å². The summed E-state index contributed by atoms with van der Waals surface area (Å²) in [6.07, 6.45) is 2.22. The zero-order valence-electron chi connectivity index (χ0n) is 23.0. The smallest absolute Gasteiger partial charge is 0.395 e. The summed E-state index contributed by atoms with van der Waals surface area (Å²) in [7, 11) is 0. The minimum atomic E-state index is -1.80. The number of aryl methyl sites for hydroxylation is 1. The molecule has 0 radical (unpaired) electrons. The molecule has 41 heavy (non-hydrogen) atoms. The maximum Gasteiger partial charge on any atom is 0.395 e. The fraction of sp³-hybridized carbons (Fsp3) is 0.345. The molecule has 216 valence electrons. The van der Waals surface area contributed by atoms with Gasteiger partial charge in [0.2, 0.25) is 5.91 Å². The number of carbonyl (C=O) groups is 7. The summed E-state index contributed by atoms with van der Waals surface area (Å²) in [5.74, 6) is -8.12. The lowest BCUT2D eigenvalue weighted by atomic mass is 9.96. The Bertz CT molecular complexity index is 1420. The van der Waals surface area contributed by atoms with Crippen molar-refractivity contribution < 1.29 is 43.8 Å². The van der Waals surface area contributed by atoms with Gasteiger partial charge < -0.3 is 10.2 Å². The molecule has 0 aromatic heterocycles. The van der Waals surface area contributed by atoms with Crippen molar-refractivity contribution in [3.63, 3.8) is 0 Å². The van der Waals surface area contributed by atoms with Gasteiger partial charge in [0, 0.05) is 19.9 Å². The number of benzene rings is 2. The number of carbonyl (C=O) groups excluding carboxylic acids is 5. The van der Waals surface area contributed by atoms with E-state index in [-0.39, 0.29) is 36.3 Å². The Balaban J connectivity index is 2.06. The van der Waals surface area contributed by atoms with Crippen LogP contribution < -0.4 is 4.90 Å². The summed E-state index contributed by atoms with van der Waals surface area (Å²) >= 11 is 0. The molecular formula is C29H31N3O9. The third kappa shape index (κ3) is 6.32. The fourth-order valence-electron chi connectivity index (χ4n) is 4.81. The first-order valence-corrected chi connectivity index (χ1v) is 13.1. The number of unbranched alkanes of at least 4 members (excludes halogenated alkanes) is 2. The molecule has 5 amide bonds. The highest BCUT2D eigenvalue weighted by atomic mass is 16.4. The van der Waals surface area contributed by atoms with E-state index < -0.39 is 47.5 Å². The Labute approximate surface area is 236 Å². The van der Waals surface area contributed by atoms with Crippen LogP contribution in [0.4, 0.5) is 11.4 Å². The van der Waals surface area contributed by atoms with Gasteiger partial charge in [-0.15, -0.1) is 0 Å². The summed E-state index contributed by atoms with van der Waals surface area (Å²) in [6.45, 7) is 4.83. The molecule has 12 nitrogen and oxygen atoms in total. The summed E-state index contributed by atoms with van der Waals surface area (Å²) < 4.78 is 0. The molecule has 0 spiro atoms. The Kier molecular flexibility index (Phi) is 9.72. The van der Waals surface area contributed by atoms with Gasteiger partial charge in [-0.05, 0) is 42.2 Å². The SMILES string of the molecule is CCCCCN1C(=O)C(=O)N(C(C)=O)C(Cc2ccc(N(C(=O)C(=O)O)c3ccccc3C(=O)O)c(CC)c2)C1=O. The largest absolute Gasteiger partial charge is 0.478 e. The molecule has 3 rings (SSSR count).